The van der Waals surface area contributed by atoms with Crippen LogP contribution >= 0.6 is 39.1 Å². The second-order valence-corrected chi connectivity index (χ2v) is 6.04. The summed E-state index contributed by atoms with van der Waals surface area (Å²) in [6.45, 7) is 2.92. The first kappa shape index (κ1) is 15.8. The molecule has 1 aromatic carbocycles. The van der Waals surface area contributed by atoms with Gasteiger partial charge >= 0.3 is 0 Å². The lowest BCUT2D eigenvalue weighted by Crippen LogP contribution is -2.31. The van der Waals surface area contributed by atoms with E-state index in [2.05, 4.69) is 33.4 Å². The van der Waals surface area contributed by atoms with Crippen molar-refractivity contribution in [3.05, 3.63) is 50.2 Å². The van der Waals surface area contributed by atoms with Crippen LogP contribution in [0.1, 0.15) is 30.6 Å². The molecule has 1 unspecified atom stereocenters. The maximum atomic E-state index is 6.08. The van der Waals surface area contributed by atoms with Crippen LogP contribution < -0.4 is 11.3 Å². The van der Waals surface area contributed by atoms with Crippen LogP contribution in [0.2, 0.25) is 10.0 Å². The van der Waals surface area contributed by atoms with Gasteiger partial charge in [0.25, 0.3) is 0 Å². The summed E-state index contributed by atoms with van der Waals surface area (Å²) in [7, 11) is 0. The van der Waals surface area contributed by atoms with Crippen molar-refractivity contribution < 1.29 is 0 Å². The van der Waals surface area contributed by atoms with Gasteiger partial charge in [0.2, 0.25) is 0 Å². The average Bonchev–Trinajstić information content (AvgIpc) is 2.77. The molecule has 108 valence electrons. The molecule has 2 aromatic rings. The molecule has 0 aliphatic heterocycles. The van der Waals surface area contributed by atoms with Crippen LogP contribution in [0.15, 0.2) is 28.9 Å². The van der Waals surface area contributed by atoms with Crippen molar-refractivity contribution >= 4 is 39.1 Å². The Hall–Kier alpha value is -0.590. The number of benzene rings is 1. The van der Waals surface area contributed by atoms with Crippen LogP contribution in [-0.4, -0.2) is 9.78 Å². The van der Waals surface area contributed by atoms with E-state index in [9.17, 15) is 0 Å². The van der Waals surface area contributed by atoms with Gasteiger partial charge in [0.1, 0.15) is 0 Å². The van der Waals surface area contributed by atoms with Crippen molar-refractivity contribution in [2.45, 2.75) is 25.9 Å². The van der Waals surface area contributed by atoms with Gasteiger partial charge < -0.3 is 0 Å². The molecule has 3 N–H and O–H groups in total. The van der Waals surface area contributed by atoms with Crippen LogP contribution in [0, 0.1) is 0 Å². The van der Waals surface area contributed by atoms with Crippen LogP contribution in [0.4, 0.5) is 0 Å². The van der Waals surface area contributed by atoms with E-state index >= 15 is 0 Å². The summed E-state index contributed by atoms with van der Waals surface area (Å²) in [6, 6.07) is 5.25. The summed E-state index contributed by atoms with van der Waals surface area (Å²) in [5.41, 5.74) is 4.71. The Morgan fingerprint density at radius 1 is 1.40 bits per heavy atom. The van der Waals surface area contributed by atoms with Crippen LogP contribution in [0.3, 0.4) is 0 Å². The second kappa shape index (κ2) is 6.91. The third-order valence-electron chi connectivity index (χ3n) is 2.99. The smallest absolute Gasteiger partial charge is 0.0890 e. The molecule has 1 atom stereocenters. The SMILES string of the molecule is CCCn1ncc(Br)c1C(NN)c1ccc(Cl)c(Cl)c1. The minimum Gasteiger partial charge on any atom is -0.271 e. The Bertz CT molecular complexity index is 600. The van der Waals surface area contributed by atoms with Gasteiger partial charge in [0.05, 0.1) is 32.5 Å². The zero-order valence-electron chi connectivity index (χ0n) is 10.9. The normalized spacial score (nSPS) is 12.7. The Morgan fingerprint density at radius 3 is 2.75 bits per heavy atom. The highest BCUT2D eigenvalue weighted by atomic mass is 79.9. The lowest BCUT2D eigenvalue weighted by atomic mass is 10.0. The van der Waals surface area contributed by atoms with Crippen molar-refractivity contribution in [1.82, 2.24) is 15.2 Å². The number of aromatic nitrogens is 2. The van der Waals surface area contributed by atoms with Gasteiger partial charge in [-0.25, -0.2) is 5.43 Å². The first-order chi connectivity index (χ1) is 9.58. The first-order valence-electron chi connectivity index (χ1n) is 6.20. The molecule has 0 spiro atoms. The van der Waals surface area contributed by atoms with Gasteiger partial charge in [0.15, 0.2) is 0 Å². The molecule has 20 heavy (non-hydrogen) atoms. The molecular weight excluding hydrogens is 363 g/mol. The number of hydrogen-bond acceptors (Lipinski definition) is 3. The zero-order chi connectivity index (χ0) is 14.7. The molecule has 1 heterocycles. The van der Waals surface area contributed by atoms with E-state index in [0.717, 1.165) is 28.7 Å². The Labute approximate surface area is 136 Å². The summed E-state index contributed by atoms with van der Waals surface area (Å²) in [5.74, 6) is 5.73. The molecule has 0 aliphatic carbocycles. The minimum atomic E-state index is -0.215. The third-order valence-corrected chi connectivity index (χ3v) is 4.34. The summed E-state index contributed by atoms with van der Waals surface area (Å²) in [6.07, 6.45) is 2.76. The van der Waals surface area contributed by atoms with Crippen LogP contribution in [0.25, 0.3) is 0 Å². The van der Waals surface area contributed by atoms with E-state index in [-0.39, 0.29) is 6.04 Å². The highest BCUT2D eigenvalue weighted by Gasteiger charge is 2.21. The highest BCUT2D eigenvalue weighted by Crippen LogP contribution is 2.31. The first-order valence-corrected chi connectivity index (χ1v) is 7.75. The summed E-state index contributed by atoms with van der Waals surface area (Å²) in [4.78, 5) is 0. The number of nitrogens with one attached hydrogen (secondary N) is 1. The van der Waals surface area contributed by atoms with Crippen molar-refractivity contribution in [3.63, 3.8) is 0 Å². The quantitative estimate of drug-likeness (QED) is 0.613. The summed E-state index contributed by atoms with van der Waals surface area (Å²) in [5, 5.41) is 5.38. The Morgan fingerprint density at radius 2 is 2.15 bits per heavy atom. The van der Waals surface area contributed by atoms with Crippen molar-refractivity contribution in [3.8, 4) is 0 Å². The fraction of sp³-hybridized carbons (Fsp3) is 0.308. The maximum Gasteiger partial charge on any atom is 0.0890 e. The molecule has 0 saturated carbocycles. The molecule has 0 radical (unpaired) electrons. The predicted octanol–water partition coefficient (Wildman–Crippen LogP) is 3.92. The van der Waals surface area contributed by atoms with Gasteiger partial charge in [-0.2, -0.15) is 5.10 Å². The standard InChI is InChI=1S/C13H15BrCl2N4/c1-2-5-20-13(9(14)7-18-20)12(19-17)8-3-4-10(15)11(16)6-8/h3-4,6-7,12,19H,2,5,17H2,1H3. The van der Waals surface area contributed by atoms with Gasteiger partial charge in [-0.05, 0) is 40.0 Å². The number of hydrazine groups is 1. The Kier molecular flexibility index (Phi) is 5.46. The lowest BCUT2D eigenvalue weighted by molar-refractivity contribution is 0.519. The molecule has 0 amide bonds. The highest BCUT2D eigenvalue weighted by molar-refractivity contribution is 9.10. The van der Waals surface area contributed by atoms with Crippen molar-refractivity contribution in [2.24, 2.45) is 5.84 Å². The number of aryl methyl sites for hydroxylation is 1. The third kappa shape index (κ3) is 3.18. The van der Waals surface area contributed by atoms with Gasteiger partial charge in [0, 0.05) is 6.54 Å². The predicted molar refractivity (Wildman–Crippen MR) is 85.8 cm³/mol. The maximum absolute atomic E-state index is 6.08. The number of rotatable bonds is 5. The van der Waals surface area contributed by atoms with Crippen LogP contribution in [0.5, 0.6) is 0 Å². The summed E-state index contributed by atoms with van der Waals surface area (Å²) < 4.78 is 2.83. The number of halogens is 3. The van der Waals surface area contributed by atoms with Crippen molar-refractivity contribution in [2.75, 3.05) is 0 Å². The largest absolute Gasteiger partial charge is 0.271 e. The zero-order valence-corrected chi connectivity index (χ0v) is 14.0. The van der Waals surface area contributed by atoms with E-state index in [1.807, 2.05) is 16.8 Å². The van der Waals surface area contributed by atoms with Gasteiger partial charge in [-0.3, -0.25) is 10.5 Å². The van der Waals surface area contributed by atoms with E-state index in [0.29, 0.717) is 10.0 Å². The number of hydrogen-bond donors (Lipinski definition) is 2. The van der Waals surface area contributed by atoms with Gasteiger partial charge in [-0.1, -0.05) is 36.2 Å². The lowest BCUT2D eigenvalue weighted by Gasteiger charge is -2.19. The second-order valence-electron chi connectivity index (χ2n) is 4.37. The fourth-order valence-electron chi connectivity index (χ4n) is 2.07. The van der Waals surface area contributed by atoms with Crippen molar-refractivity contribution in [1.29, 1.82) is 0 Å². The molecule has 4 nitrogen and oxygen atoms in total. The Balaban J connectivity index is 2.46. The molecule has 0 saturated heterocycles. The topological polar surface area (TPSA) is 55.9 Å². The fourth-order valence-corrected chi connectivity index (χ4v) is 2.91. The molecule has 0 bridgehead atoms. The minimum absolute atomic E-state index is 0.215. The van der Waals surface area contributed by atoms with E-state index in [1.165, 1.54) is 0 Å². The summed E-state index contributed by atoms with van der Waals surface area (Å²) >= 11 is 15.6. The average molecular weight is 378 g/mol. The number of nitrogens with two attached hydrogens (primary N) is 1. The van der Waals surface area contributed by atoms with E-state index in [1.54, 1.807) is 12.3 Å². The molecule has 0 fully saturated rings. The van der Waals surface area contributed by atoms with Crippen LogP contribution in [-0.2, 0) is 6.54 Å². The van der Waals surface area contributed by atoms with Gasteiger partial charge in [-0.15, -0.1) is 0 Å². The molecular formula is C13H15BrCl2N4. The monoisotopic (exact) mass is 376 g/mol. The number of nitrogens with zero attached hydrogens (tertiary/aromatic N) is 2. The van der Waals surface area contributed by atoms with E-state index in [4.69, 9.17) is 29.0 Å². The molecule has 1 aromatic heterocycles. The van der Waals surface area contributed by atoms with E-state index < -0.39 is 0 Å². The molecule has 2 rings (SSSR count). The molecule has 7 heteroatoms. The molecule has 0 aliphatic rings.